The average Bonchev–Trinajstić information content (AvgIpc) is 2.68. The second-order valence-electron chi connectivity index (χ2n) is 6.33. The molecular weight excluding hydrogens is 354 g/mol. The average molecular weight is 377 g/mol. The number of hydrogen-bond donors (Lipinski definition) is 4. The summed E-state index contributed by atoms with van der Waals surface area (Å²) in [6.45, 7) is 4.94. The number of hydrogen-bond acceptors (Lipinski definition) is 6. The van der Waals surface area contributed by atoms with Gasteiger partial charge in [0.15, 0.2) is 5.82 Å². The summed E-state index contributed by atoms with van der Waals surface area (Å²) in [5.74, 6) is 1.95. The van der Waals surface area contributed by atoms with Gasteiger partial charge in [-0.2, -0.15) is 0 Å². The number of carbonyl (C=O) groups excluding carboxylic acids is 1. The molecule has 2 aromatic heterocycles. The topological polar surface area (TPSA) is 104 Å². The Kier molecular flexibility index (Phi) is 6.35. The van der Waals surface area contributed by atoms with Gasteiger partial charge in [0.2, 0.25) is 0 Å². The molecule has 0 aliphatic heterocycles. The van der Waals surface area contributed by atoms with Crippen molar-refractivity contribution in [3.63, 3.8) is 0 Å². The van der Waals surface area contributed by atoms with E-state index in [1.165, 1.54) is 0 Å². The molecule has 144 valence electrons. The molecule has 0 aliphatic carbocycles. The van der Waals surface area contributed by atoms with Crippen LogP contribution >= 0.6 is 0 Å². The van der Waals surface area contributed by atoms with Gasteiger partial charge in [0.25, 0.3) is 0 Å². The number of anilines is 4. The number of nitrogens with one attached hydrogen (secondary N) is 4. The van der Waals surface area contributed by atoms with Crippen molar-refractivity contribution in [2.75, 3.05) is 29.0 Å². The standard InChI is InChI=1S/C20H23N7O/c1-14-4-3-5-16(12-14)24-20(28)22-11-10-21-18-8-9-19(27-26-18)25-17-7-6-15(2)13-23-17/h3-9,12-13H,10-11H2,1-2H3,(H,21,26)(H2,22,24,28)(H,23,25,27). The highest BCUT2D eigenvalue weighted by molar-refractivity contribution is 5.89. The first-order valence-electron chi connectivity index (χ1n) is 8.97. The van der Waals surface area contributed by atoms with E-state index in [0.717, 1.165) is 16.8 Å². The molecule has 0 atom stereocenters. The van der Waals surface area contributed by atoms with Crippen LogP contribution in [0.1, 0.15) is 11.1 Å². The highest BCUT2D eigenvalue weighted by atomic mass is 16.2. The lowest BCUT2D eigenvalue weighted by Crippen LogP contribution is -2.32. The lowest BCUT2D eigenvalue weighted by molar-refractivity contribution is 0.252. The summed E-state index contributed by atoms with van der Waals surface area (Å²) >= 11 is 0. The van der Waals surface area contributed by atoms with Crippen LogP contribution < -0.4 is 21.3 Å². The van der Waals surface area contributed by atoms with Crippen molar-refractivity contribution in [1.29, 1.82) is 0 Å². The van der Waals surface area contributed by atoms with E-state index in [4.69, 9.17) is 0 Å². The van der Waals surface area contributed by atoms with Crippen LogP contribution in [0, 0.1) is 13.8 Å². The van der Waals surface area contributed by atoms with Crippen LogP contribution in [0.5, 0.6) is 0 Å². The van der Waals surface area contributed by atoms with Crippen molar-refractivity contribution in [2.45, 2.75) is 13.8 Å². The van der Waals surface area contributed by atoms with Crippen LogP contribution in [0.3, 0.4) is 0 Å². The van der Waals surface area contributed by atoms with Crippen LogP contribution in [0.2, 0.25) is 0 Å². The minimum atomic E-state index is -0.247. The maximum absolute atomic E-state index is 11.9. The number of aromatic nitrogens is 3. The Bertz CT molecular complexity index is 911. The van der Waals surface area contributed by atoms with Gasteiger partial charge in [0, 0.05) is 25.0 Å². The number of carbonyl (C=O) groups is 1. The molecule has 8 heteroatoms. The quantitative estimate of drug-likeness (QED) is 0.470. The molecule has 0 aliphatic rings. The third kappa shape index (κ3) is 5.94. The molecule has 0 bridgehead atoms. The summed E-state index contributed by atoms with van der Waals surface area (Å²) in [7, 11) is 0. The van der Waals surface area contributed by atoms with Gasteiger partial charge >= 0.3 is 6.03 Å². The lowest BCUT2D eigenvalue weighted by Gasteiger charge is -2.09. The summed E-state index contributed by atoms with van der Waals surface area (Å²) in [5.41, 5.74) is 2.95. The zero-order valence-corrected chi connectivity index (χ0v) is 15.9. The fourth-order valence-electron chi connectivity index (χ4n) is 2.43. The monoisotopic (exact) mass is 377 g/mol. The molecule has 0 unspecified atom stereocenters. The molecule has 3 rings (SSSR count). The maximum atomic E-state index is 11.9. The first kappa shape index (κ1) is 19.1. The van der Waals surface area contributed by atoms with E-state index < -0.39 is 0 Å². The summed E-state index contributed by atoms with van der Waals surface area (Å²) < 4.78 is 0. The molecule has 2 heterocycles. The fourth-order valence-corrected chi connectivity index (χ4v) is 2.43. The molecule has 8 nitrogen and oxygen atoms in total. The van der Waals surface area contributed by atoms with Gasteiger partial charge in [-0.25, -0.2) is 9.78 Å². The van der Waals surface area contributed by atoms with E-state index in [9.17, 15) is 4.79 Å². The van der Waals surface area contributed by atoms with E-state index in [1.807, 2.05) is 62.4 Å². The zero-order valence-electron chi connectivity index (χ0n) is 15.9. The van der Waals surface area contributed by atoms with Gasteiger partial charge in [0.1, 0.15) is 11.6 Å². The van der Waals surface area contributed by atoms with Crippen LogP contribution in [-0.2, 0) is 0 Å². The normalized spacial score (nSPS) is 10.2. The number of rotatable bonds is 7. The fraction of sp³-hybridized carbons (Fsp3) is 0.200. The Labute approximate surface area is 163 Å². The van der Waals surface area contributed by atoms with Crippen molar-refractivity contribution >= 4 is 29.2 Å². The van der Waals surface area contributed by atoms with Gasteiger partial charge in [-0.3, -0.25) is 0 Å². The van der Waals surface area contributed by atoms with Crippen molar-refractivity contribution < 1.29 is 4.79 Å². The molecule has 0 fully saturated rings. The number of benzene rings is 1. The number of amides is 2. The predicted octanol–water partition coefficient (Wildman–Crippen LogP) is 3.47. The van der Waals surface area contributed by atoms with E-state index in [1.54, 1.807) is 6.20 Å². The number of pyridine rings is 1. The van der Waals surface area contributed by atoms with Crippen LogP contribution in [-0.4, -0.2) is 34.3 Å². The summed E-state index contributed by atoms with van der Waals surface area (Å²) in [6, 6.07) is 14.9. The highest BCUT2D eigenvalue weighted by Crippen LogP contribution is 2.12. The van der Waals surface area contributed by atoms with E-state index in [0.29, 0.717) is 30.5 Å². The minimum absolute atomic E-state index is 0.247. The smallest absolute Gasteiger partial charge is 0.319 e. The highest BCUT2D eigenvalue weighted by Gasteiger charge is 2.02. The molecule has 4 N–H and O–H groups in total. The van der Waals surface area contributed by atoms with Crippen molar-refractivity contribution in [1.82, 2.24) is 20.5 Å². The molecular formula is C20H23N7O. The molecule has 0 saturated heterocycles. The third-order valence-corrected chi connectivity index (χ3v) is 3.82. The Hall–Kier alpha value is -3.68. The second-order valence-corrected chi connectivity index (χ2v) is 6.33. The van der Waals surface area contributed by atoms with Crippen molar-refractivity contribution in [3.05, 3.63) is 65.9 Å². The Morgan fingerprint density at radius 3 is 2.39 bits per heavy atom. The Morgan fingerprint density at radius 1 is 0.893 bits per heavy atom. The number of aryl methyl sites for hydroxylation is 2. The molecule has 3 aromatic rings. The minimum Gasteiger partial charge on any atom is -0.367 e. The van der Waals surface area contributed by atoms with Crippen molar-refractivity contribution in [3.8, 4) is 0 Å². The van der Waals surface area contributed by atoms with Gasteiger partial charge in [-0.1, -0.05) is 18.2 Å². The SMILES string of the molecule is Cc1ccc(Nc2ccc(NCCNC(=O)Nc3cccc(C)c3)nn2)nc1. The summed E-state index contributed by atoms with van der Waals surface area (Å²) in [5, 5.41) is 20.0. The van der Waals surface area contributed by atoms with Gasteiger partial charge in [0.05, 0.1) is 0 Å². The third-order valence-electron chi connectivity index (χ3n) is 3.82. The molecule has 0 radical (unpaired) electrons. The number of urea groups is 1. The van der Waals surface area contributed by atoms with Crippen LogP contribution in [0.4, 0.5) is 27.9 Å². The van der Waals surface area contributed by atoms with Gasteiger partial charge in [-0.05, 0) is 55.3 Å². The largest absolute Gasteiger partial charge is 0.367 e. The number of nitrogens with zero attached hydrogens (tertiary/aromatic N) is 3. The van der Waals surface area contributed by atoms with Gasteiger partial charge in [-0.15, -0.1) is 10.2 Å². The van der Waals surface area contributed by atoms with E-state index >= 15 is 0 Å². The van der Waals surface area contributed by atoms with E-state index in [2.05, 4.69) is 36.4 Å². The molecule has 0 saturated carbocycles. The summed E-state index contributed by atoms with van der Waals surface area (Å²) in [6.07, 6.45) is 1.79. The summed E-state index contributed by atoms with van der Waals surface area (Å²) in [4.78, 5) is 16.1. The van der Waals surface area contributed by atoms with Gasteiger partial charge < -0.3 is 21.3 Å². The van der Waals surface area contributed by atoms with Crippen LogP contribution in [0.25, 0.3) is 0 Å². The van der Waals surface area contributed by atoms with Crippen LogP contribution in [0.15, 0.2) is 54.7 Å². The first-order chi connectivity index (χ1) is 13.6. The van der Waals surface area contributed by atoms with E-state index in [-0.39, 0.29) is 6.03 Å². The predicted molar refractivity (Wildman–Crippen MR) is 111 cm³/mol. The van der Waals surface area contributed by atoms with Crippen molar-refractivity contribution in [2.24, 2.45) is 0 Å². The Balaban J connectivity index is 1.39. The molecule has 28 heavy (non-hydrogen) atoms. The first-order valence-corrected chi connectivity index (χ1v) is 8.97. The second kappa shape index (κ2) is 9.31. The zero-order chi connectivity index (χ0) is 19.8. The molecule has 0 spiro atoms. The molecule has 2 amide bonds. The molecule has 1 aromatic carbocycles. The lowest BCUT2D eigenvalue weighted by atomic mass is 10.2. The Morgan fingerprint density at radius 2 is 1.68 bits per heavy atom. The maximum Gasteiger partial charge on any atom is 0.319 e.